The van der Waals surface area contributed by atoms with Gasteiger partial charge in [-0.15, -0.1) is 11.8 Å². The van der Waals surface area contributed by atoms with E-state index in [4.69, 9.17) is 16.0 Å². The number of benzene rings is 2. The molecule has 0 atom stereocenters. The predicted octanol–water partition coefficient (Wildman–Crippen LogP) is 5.29. The molecule has 0 saturated carbocycles. The van der Waals surface area contributed by atoms with Crippen molar-refractivity contribution in [3.05, 3.63) is 94.0 Å². The van der Waals surface area contributed by atoms with Crippen molar-refractivity contribution in [2.24, 2.45) is 0 Å². The Balaban J connectivity index is 1.76. The number of hydrogen-bond acceptors (Lipinski definition) is 4. The molecule has 2 heterocycles. The first-order valence-corrected chi connectivity index (χ1v) is 9.70. The topological polar surface area (TPSA) is 50.5 Å². The lowest BCUT2D eigenvalue weighted by atomic mass is 10.1. The summed E-state index contributed by atoms with van der Waals surface area (Å²) in [5, 5.41) is 0.521. The fraction of sp³-hybridized carbons (Fsp3) is 0.0476. The number of nitrogens with zero attached hydrogens (tertiary/aromatic N) is 1. The average molecular weight is 414 g/mol. The van der Waals surface area contributed by atoms with Gasteiger partial charge in [0.05, 0.1) is 28.2 Å². The highest BCUT2D eigenvalue weighted by molar-refractivity contribution is 8.03. The van der Waals surface area contributed by atoms with Crippen LogP contribution in [0.1, 0.15) is 11.3 Å². The molecular formula is C21H13ClFNO3S. The molecule has 0 aliphatic carbocycles. The lowest BCUT2D eigenvalue weighted by Gasteiger charge is -2.15. The SMILES string of the molecule is O=C1C(SCc2ccco2)=C(c2ccc(Cl)cc2)C(=O)N1c1cccc(F)c1. The number of rotatable bonds is 5. The summed E-state index contributed by atoms with van der Waals surface area (Å²) in [5.41, 5.74) is 1.03. The fourth-order valence-electron chi connectivity index (χ4n) is 2.90. The second kappa shape index (κ2) is 7.66. The number of amides is 2. The van der Waals surface area contributed by atoms with Crippen molar-refractivity contribution >= 4 is 46.4 Å². The van der Waals surface area contributed by atoms with Crippen molar-refractivity contribution in [1.82, 2.24) is 0 Å². The van der Waals surface area contributed by atoms with Crippen LogP contribution < -0.4 is 4.90 Å². The monoisotopic (exact) mass is 413 g/mol. The zero-order chi connectivity index (χ0) is 19.7. The van der Waals surface area contributed by atoms with Crippen molar-refractivity contribution in [3.8, 4) is 0 Å². The second-order valence-electron chi connectivity index (χ2n) is 6.00. The quantitative estimate of drug-likeness (QED) is 0.533. The molecule has 0 N–H and O–H groups in total. The summed E-state index contributed by atoms with van der Waals surface area (Å²) in [6, 6.07) is 15.6. The van der Waals surface area contributed by atoms with E-state index in [-0.39, 0.29) is 16.2 Å². The Morgan fingerprint density at radius 1 is 1.00 bits per heavy atom. The number of anilines is 1. The number of halogens is 2. The standard InChI is InChI=1S/C21H13ClFNO3S/c22-14-8-6-13(7-9-14)18-19(28-12-17-5-2-10-27-17)21(26)24(20(18)25)16-4-1-3-15(23)11-16/h1-11H,12H2. The summed E-state index contributed by atoms with van der Waals surface area (Å²) in [4.78, 5) is 27.5. The molecular weight excluding hydrogens is 401 g/mol. The molecule has 1 aliphatic heterocycles. The highest BCUT2D eigenvalue weighted by atomic mass is 35.5. The maximum atomic E-state index is 13.7. The van der Waals surface area contributed by atoms with Crippen molar-refractivity contribution < 1.29 is 18.4 Å². The lowest BCUT2D eigenvalue weighted by Crippen LogP contribution is -2.31. The van der Waals surface area contributed by atoms with Crippen LogP contribution in [0.25, 0.3) is 5.57 Å². The molecule has 0 spiro atoms. The third-order valence-electron chi connectivity index (χ3n) is 4.18. The number of thioether (sulfide) groups is 1. The van der Waals surface area contributed by atoms with Crippen LogP contribution in [0.15, 0.2) is 76.2 Å². The smallest absolute Gasteiger partial charge is 0.272 e. The van der Waals surface area contributed by atoms with Crippen LogP contribution in [0.5, 0.6) is 0 Å². The molecule has 0 saturated heterocycles. The Hall–Kier alpha value is -2.83. The molecule has 1 aliphatic rings. The van der Waals surface area contributed by atoms with Crippen LogP contribution in [0.2, 0.25) is 5.02 Å². The predicted molar refractivity (Wildman–Crippen MR) is 107 cm³/mol. The number of hydrogen-bond donors (Lipinski definition) is 0. The van der Waals surface area contributed by atoms with Crippen molar-refractivity contribution in [3.63, 3.8) is 0 Å². The number of furan rings is 1. The van der Waals surface area contributed by atoms with Gasteiger partial charge in [-0.05, 0) is 48.0 Å². The van der Waals surface area contributed by atoms with Gasteiger partial charge in [0.25, 0.3) is 11.8 Å². The molecule has 4 nitrogen and oxygen atoms in total. The van der Waals surface area contributed by atoms with Crippen molar-refractivity contribution in [2.45, 2.75) is 5.75 Å². The molecule has 0 bridgehead atoms. The zero-order valence-corrected chi connectivity index (χ0v) is 16.0. The van der Waals surface area contributed by atoms with Crippen LogP contribution in [-0.2, 0) is 15.3 Å². The molecule has 28 heavy (non-hydrogen) atoms. The van der Waals surface area contributed by atoms with E-state index in [1.807, 2.05) is 0 Å². The van der Waals surface area contributed by atoms with Gasteiger partial charge in [0, 0.05) is 5.02 Å². The van der Waals surface area contributed by atoms with E-state index in [0.717, 1.165) is 11.0 Å². The first kappa shape index (κ1) is 18.5. The summed E-state index contributed by atoms with van der Waals surface area (Å²) < 4.78 is 19.0. The van der Waals surface area contributed by atoms with Crippen LogP contribution in [0, 0.1) is 5.82 Å². The van der Waals surface area contributed by atoms with Gasteiger partial charge in [0.1, 0.15) is 11.6 Å². The molecule has 2 aromatic carbocycles. The van der Waals surface area contributed by atoms with Crippen molar-refractivity contribution in [2.75, 3.05) is 4.90 Å². The molecule has 0 unspecified atom stereocenters. The molecule has 0 radical (unpaired) electrons. The molecule has 2 amide bonds. The maximum Gasteiger partial charge on any atom is 0.272 e. The lowest BCUT2D eigenvalue weighted by molar-refractivity contribution is -0.119. The van der Waals surface area contributed by atoms with Crippen LogP contribution in [0.3, 0.4) is 0 Å². The number of carbonyl (C=O) groups is 2. The van der Waals surface area contributed by atoms with Crippen LogP contribution in [0.4, 0.5) is 10.1 Å². The Morgan fingerprint density at radius 3 is 2.46 bits per heavy atom. The number of imide groups is 1. The molecule has 0 fully saturated rings. The van der Waals surface area contributed by atoms with Crippen molar-refractivity contribution in [1.29, 1.82) is 0 Å². The fourth-order valence-corrected chi connectivity index (χ4v) is 4.04. The maximum absolute atomic E-state index is 13.7. The normalized spacial score (nSPS) is 14.3. The summed E-state index contributed by atoms with van der Waals surface area (Å²) in [5.74, 6) is -0.452. The highest BCUT2D eigenvalue weighted by Gasteiger charge is 2.40. The van der Waals surface area contributed by atoms with Gasteiger partial charge in [-0.25, -0.2) is 9.29 Å². The summed E-state index contributed by atoms with van der Waals surface area (Å²) in [6.45, 7) is 0. The number of carbonyl (C=O) groups excluding carboxylic acids is 2. The van der Waals surface area contributed by atoms with E-state index >= 15 is 0 Å². The second-order valence-corrected chi connectivity index (χ2v) is 7.43. The summed E-state index contributed by atoms with van der Waals surface area (Å²) in [6.07, 6.45) is 1.55. The largest absolute Gasteiger partial charge is 0.468 e. The minimum absolute atomic E-state index is 0.190. The molecule has 1 aromatic heterocycles. The van der Waals surface area contributed by atoms with Gasteiger partial charge < -0.3 is 4.42 Å². The van der Waals surface area contributed by atoms with Gasteiger partial charge in [-0.2, -0.15) is 0 Å². The Kier molecular flexibility index (Phi) is 5.07. The van der Waals surface area contributed by atoms with Gasteiger partial charge >= 0.3 is 0 Å². The summed E-state index contributed by atoms with van der Waals surface area (Å²) in [7, 11) is 0. The molecule has 3 aromatic rings. The van der Waals surface area contributed by atoms with E-state index in [2.05, 4.69) is 0 Å². The van der Waals surface area contributed by atoms with Crippen LogP contribution in [-0.4, -0.2) is 11.8 Å². The average Bonchev–Trinajstić information content (AvgIpc) is 3.27. The Bertz CT molecular complexity index is 1080. The highest BCUT2D eigenvalue weighted by Crippen LogP contribution is 2.39. The van der Waals surface area contributed by atoms with E-state index < -0.39 is 17.6 Å². The van der Waals surface area contributed by atoms with Crippen LogP contribution >= 0.6 is 23.4 Å². The third kappa shape index (κ3) is 3.48. The molecule has 7 heteroatoms. The minimum Gasteiger partial charge on any atom is -0.468 e. The molecule has 140 valence electrons. The van der Waals surface area contributed by atoms with E-state index in [1.54, 1.807) is 42.7 Å². The van der Waals surface area contributed by atoms with E-state index in [1.165, 1.54) is 30.0 Å². The van der Waals surface area contributed by atoms with Gasteiger partial charge in [0.15, 0.2) is 0 Å². The summed E-state index contributed by atoms with van der Waals surface area (Å²) >= 11 is 7.16. The van der Waals surface area contributed by atoms with Gasteiger partial charge in [-0.3, -0.25) is 9.59 Å². The Morgan fingerprint density at radius 2 is 1.79 bits per heavy atom. The van der Waals surface area contributed by atoms with E-state index in [9.17, 15) is 14.0 Å². The molecule has 4 rings (SSSR count). The zero-order valence-electron chi connectivity index (χ0n) is 14.4. The van der Waals surface area contributed by atoms with E-state index in [0.29, 0.717) is 22.1 Å². The first-order chi connectivity index (χ1) is 13.5. The minimum atomic E-state index is -0.525. The third-order valence-corrected chi connectivity index (χ3v) is 5.53. The van der Waals surface area contributed by atoms with Gasteiger partial charge in [-0.1, -0.05) is 29.8 Å². The Labute approximate surface area is 169 Å². The van der Waals surface area contributed by atoms with Gasteiger partial charge in [0.2, 0.25) is 0 Å². The first-order valence-electron chi connectivity index (χ1n) is 8.34.